The molecule has 12 heteroatoms. The molecule has 0 saturated carbocycles. The fourth-order valence-electron chi connectivity index (χ4n) is 3.75. The van der Waals surface area contributed by atoms with Gasteiger partial charge in [0, 0.05) is 5.69 Å². The molecule has 0 radical (unpaired) electrons. The second kappa shape index (κ2) is 8.44. The van der Waals surface area contributed by atoms with E-state index in [1.807, 2.05) is 20.3 Å². The zero-order chi connectivity index (χ0) is 22.2. The number of benzene rings is 1. The van der Waals surface area contributed by atoms with Gasteiger partial charge >= 0.3 is 12.3 Å². The Kier molecular flexibility index (Phi) is 5.86. The highest BCUT2D eigenvalue weighted by molar-refractivity contribution is 5.84. The number of aromatic nitrogens is 3. The lowest BCUT2D eigenvalue weighted by Crippen LogP contribution is -3.04. The fourth-order valence-corrected chi connectivity index (χ4v) is 3.75. The number of anilines is 1. The maximum Gasteiger partial charge on any atom is 0.416 e. The molecule has 1 amide bonds. The van der Waals surface area contributed by atoms with Crippen LogP contribution in [0.1, 0.15) is 17.3 Å². The van der Waals surface area contributed by atoms with Gasteiger partial charge < -0.3 is 19.1 Å². The van der Waals surface area contributed by atoms with E-state index in [-0.39, 0.29) is 24.4 Å². The Morgan fingerprint density at radius 3 is 2.81 bits per heavy atom. The lowest BCUT2D eigenvalue weighted by atomic mass is 10.1. The Balaban J connectivity index is 1.35. The predicted octanol–water partition coefficient (Wildman–Crippen LogP) is 0.897. The van der Waals surface area contributed by atoms with E-state index in [2.05, 4.69) is 15.6 Å². The molecule has 0 spiro atoms. The average molecular weight is 442 g/mol. The van der Waals surface area contributed by atoms with Crippen molar-refractivity contribution in [3.63, 3.8) is 0 Å². The monoisotopic (exact) mass is 442 g/mol. The van der Waals surface area contributed by atoms with E-state index in [9.17, 15) is 18.0 Å². The average Bonchev–Trinajstić information content (AvgIpc) is 3.38. The van der Waals surface area contributed by atoms with Crippen LogP contribution in [0.5, 0.6) is 0 Å². The first-order valence-corrected chi connectivity index (χ1v) is 9.78. The van der Waals surface area contributed by atoms with Crippen molar-refractivity contribution < 1.29 is 37.1 Å². The Labute approximate surface area is 176 Å². The molecule has 2 saturated heterocycles. The summed E-state index contributed by atoms with van der Waals surface area (Å²) < 4.78 is 57.1. The number of rotatable bonds is 5. The van der Waals surface area contributed by atoms with Crippen LogP contribution in [-0.4, -0.2) is 66.7 Å². The molecule has 0 aliphatic carbocycles. The number of ether oxygens (including phenoxy) is 3. The van der Waals surface area contributed by atoms with Gasteiger partial charge in [-0.2, -0.15) is 13.2 Å². The molecule has 4 atom stereocenters. The standard InChI is InChI=1S/C19H22F3N5O4/c1-26(2)7-13-8-27(25-24-13)14-9-29-17-15(10-30-16(14)17)31-18(28)23-12-5-3-4-11(6-12)19(20,21)22/h3-6,8,14-17H,7,9-10H2,1-2H3,(H,23,28)/p+1/t14-,15+,16+,17+/m0/s1. The second-order valence-electron chi connectivity index (χ2n) is 7.88. The molecule has 0 unspecified atom stereocenters. The van der Waals surface area contributed by atoms with Gasteiger partial charge in [0.25, 0.3) is 0 Å². The fraction of sp³-hybridized carbons (Fsp3) is 0.526. The van der Waals surface area contributed by atoms with E-state index in [0.717, 1.165) is 24.4 Å². The normalized spacial score (nSPS) is 25.6. The number of hydrogen-bond acceptors (Lipinski definition) is 6. The molecule has 31 heavy (non-hydrogen) atoms. The Bertz CT molecular complexity index is 935. The molecule has 168 valence electrons. The first-order valence-electron chi connectivity index (χ1n) is 9.78. The highest BCUT2D eigenvalue weighted by Crippen LogP contribution is 2.35. The number of carbonyl (C=O) groups is 1. The van der Waals surface area contributed by atoms with E-state index in [0.29, 0.717) is 6.61 Å². The molecule has 4 rings (SSSR count). The van der Waals surface area contributed by atoms with Crippen molar-refractivity contribution in [1.82, 2.24) is 15.0 Å². The summed E-state index contributed by atoms with van der Waals surface area (Å²) in [4.78, 5) is 13.4. The van der Waals surface area contributed by atoms with Gasteiger partial charge in [-0.3, -0.25) is 5.32 Å². The van der Waals surface area contributed by atoms with Crippen molar-refractivity contribution in [2.75, 3.05) is 32.6 Å². The van der Waals surface area contributed by atoms with Crippen molar-refractivity contribution in [3.8, 4) is 0 Å². The summed E-state index contributed by atoms with van der Waals surface area (Å²) in [5, 5.41) is 10.6. The van der Waals surface area contributed by atoms with Crippen LogP contribution in [0.25, 0.3) is 0 Å². The molecular weight excluding hydrogens is 419 g/mol. The van der Waals surface area contributed by atoms with Crippen LogP contribution in [0.3, 0.4) is 0 Å². The largest absolute Gasteiger partial charge is 0.441 e. The molecule has 1 aromatic carbocycles. The highest BCUT2D eigenvalue weighted by Gasteiger charge is 2.50. The zero-order valence-corrected chi connectivity index (χ0v) is 16.9. The van der Waals surface area contributed by atoms with E-state index in [1.165, 1.54) is 17.0 Å². The van der Waals surface area contributed by atoms with Crippen molar-refractivity contribution in [2.24, 2.45) is 0 Å². The highest BCUT2D eigenvalue weighted by atomic mass is 19.4. The van der Waals surface area contributed by atoms with Crippen LogP contribution in [0.15, 0.2) is 30.5 Å². The second-order valence-corrected chi connectivity index (χ2v) is 7.88. The SMILES string of the molecule is C[NH+](C)Cc1cn([C@H]2CO[C@H]3[C@@H]2OC[C@H]3OC(=O)Nc2cccc(C(F)(F)F)c2)nn1. The molecule has 2 fully saturated rings. The molecule has 2 N–H and O–H groups in total. The van der Waals surface area contributed by atoms with Crippen LogP contribution in [-0.2, 0) is 26.9 Å². The first kappa shape index (κ1) is 21.5. The maximum absolute atomic E-state index is 12.8. The maximum atomic E-state index is 12.8. The first-order chi connectivity index (χ1) is 14.7. The van der Waals surface area contributed by atoms with Crippen molar-refractivity contribution in [2.45, 2.75) is 37.1 Å². The van der Waals surface area contributed by atoms with Gasteiger partial charge in [-0.25, -0.2) is 9.48 Å². The quantitative estimate of drug-likeness (QED) is 0.715. The molecule has 9 nitrogen and oxygen atoms in total. The Morgan fingerprint density at radius 2 is 2.06 bits per heavy atom. The number of fused-ring (bicyclic) bond motifs is 1. The van der Waals surface area contributed by atoms with Crippen LogP contribution in [0.2, 0.25) is 0 Å². The summed E-state index contributed by atoms with van der Waals surface area (Å²) in [6.45, 7) is 1.16. The van der Waals surface area contributed by atoms with Gasteiger partial charge in [0.15, 0.2) is 6.10 Å². The smallest absolute Gasteiger partial charge is 0.416 e. The lowest BCUT2D eigenvalue weighted by Gasteiger charge is -2.17. The number of halogens is 3. The summed E-state index contributed by atoms with van der Waals surface area (Å²) in [6.07, 6.45) is -5.08. The van der Waals surface area contributed by atoms with E-state index < -0.39 is 30.0 Å². The summed E-state index contributed by atoms with van der Waals surface area (Å²) in [5.74, 6) is 0. The number of alkyl halides is 3. The summed E-state index contributed by atoms with van der Waals surface area (Å²) >= 11 is 0. The van der Waals surface area contributed by atoms with E-state index in [4.69, 9.17) is 14.2 Å². The minimum absolute atomic E-state index is 0.0151. The zero-order valence-electron chi connectivity index (χ0n) is 16.9. The molecule has 1 aromatic heterocycles. The topological polar surface area (TPSA) is 91.9 Å². The summed E-state index contributed by atoms with van der Waals surface area (Å²) in [5.41, 5.74) is -0.0343. The minimum Gasteiger partial charge on any atom is -0.441 e. The third kappa shape index (κ3) is 4.81. The molecule has 0 bridgehead atoms. The Morgan fingerprint density at radius 1 is 1.29 bits per heavy atom. The van der Waals surface area contributed by atoms with Crippen LogP contribution in [0, 0.1) is 0 Å². The number of carbonyl (C=O) groups excluding carboxylic acids is 1. The molecular formula is C19H23F3N5O4+. The molecule has 3 heterocycles. The Hall–Kier alpha value is -2.70. The van der Waals surface area contributed by atoms with Gasteiger partial charge in [0.05, 0.1) is 39.1 Å². The van der Waals surface area contributed by atoms with Crippen molar-refractivity contribution >= 4 is 11.8 Å². The summed E-state index contributed by atoms with van der Waals surface area (Å²) in [7, 11) is 4.03. The van der Waals surface area contributed by atoms with Crippen molar-refractivity contribution in [1.29, 1.82) is 0 Å². The number of amides is 1. The minimum atomic E-state index is -4.50. The third-order valence-electron chi connectivity index (χ3n) is 5.11. The van der Waals surface area contributed by atoms with Crippen LogP contribution in [0.4, 0.5) is 23.7 Å². The van der Waals surface area contributed by atoms with Gasteiger partial charge in [-0.1, -0.05) is 11.3 Å². The molecule has 2 aliphatic rings. The molecule has 2 aliphatic heterocycles. The number of nitrogens with zero attached hydrogens (tertiary/aromatic N) is 3. The van der Waals surface area contributed by atoms with Gasteiger partial charge in [-0.15, -0.1) is 5.10 Å². The van der Waals surface area contributed by atoms with Crippen LogP contribution >= 0.6 is 0 Å². The van der Waals surface area contributed by atoms with E-state index >= 15 is 0 Å². The van der Waals surface area contributed by atoms with E-state index in [1.54, 1.807) is 4.68 Å². The number of nitrogens with one attached hydrogen (secondary N) is 2. The lowest BCUT2D eigenvalue weighted by molar-refractivity contribution is -0.873. The molecule has 2 aromatic rings. The van der Waals surface area contributed by atoms with Gasteiger partial charge in [0.1, 0.15) is 30.5 Å². The number of hydrogen-bond donors (Lipinski definition) is 2. The van der Waals surface area contributed by atoms with Crippen molar-refractivity contribution in [3.05, 3.63) is 41.7 Å². The predicted molar refractivity (Wildman–Crippen MR) is 100 cm³/mol. The van der Waals surface area contributed by atoms with Gasteiger partial charge in [-0.05, 0) is 18.2 Å². The van der Waals surface area contributed by atoms with Gasteiger partial charge in [0.2, 0.25) is 0 Å². The third-order valence-corrected chi connectivity index (χ3v) is 5.11. The van der Waals surface area contributed by atoms with Crippen LogP contribution < -0.4 is 10.2 Å². The summed E-state index contributed by atoms with van der Waals surface area (Å²) in [6, 6.07) is 4.12. The number of quaternary nitrogens is 1.